The Kier molecular flexibility index (Phi) is 3.53. The van der Waals surface area contributed by atoms with Crippen LogP contribution >= 0.6 is 15.9 Å². The monoisotopic (exact) mass is 359 g/mol. The molecule has 1 aromatic rings. The number of hydrogen-bond acceptors (Lipinski definition) is 4. The Balaban J connectivity index is 2.13. The summed E-state index contributed by atoms with van der Waals surface area (Å²) >= 11 is 3.55. The Morgan fingerprint density at radius 2 is 2.18 bits per heavy atom. The lowest BCUT2D eigenvalue weighted by Gasteiger charge is -2.37. The van der Waals surface area contributed by atoms with Gasteiger partial charge in [0, 0.05) is 36.1 Å². The molecule has 3 rings (SSSR count). The number of rotatable bonds is 3. The molecule has 0 radical (unpaired) electrons. The van der Waals surface area contributed by atoms with Gasteiger partial charge in [-0.15, -0.1) is 0 Å². The summed E-state index contributed by atoms with van der Waals surface area (Å²) in [4.78, 5) is 13.8. The van der Waals surface area contributed by atoms with Crippen LogP contribution in [0, 0.1) is 28.6 Å². The molecule has 1 aromatic carbocycles. The minimum atomic E-state index is -1.47. The summed E-state index contributed by atoms with van der Waals surface area (Å²) in [5.41, 5.74) is 0.417. The summed E-state index contributed by atoms with van der Waals surface area (Å²) < 4.78 is 0.838. The van der Waals surface area contributed by atoms with E-state index in [2.05, 4.69) is 22.0 Å². The summed E-state index contributed by atoms with van der Waals surface area (Å²) in [6, 6.07) is 7.91. The molecule has 4 atom stereocenters. The summed E-state index contributed by atoms with van der Waals surface area (Å²) in [5.74, 6) is -1.83. The molecule has 0 amide bonds. The first-order valence-electron chi connectivity index (χ1n) is 7.19. The molecule has 2 bridgehead atoms. The van der Waals surface area contributed by atoms with Crippen LogP contribution in [-0.4, -0.2) is 20.1 Å². The van der Waals surface area contributed by atoms with Gasteiger partial charge in [0.05, 0.1) is 12.0 Å². The van der Waals surface area contributed by atoms with Gasteiger partial charge in [0.15, 0.2) is 0 Å². The average molecular weight is 360 g/mol. The lowest BCUT2D eigenvalue weighted by Crippen LogP contribution is -2.48. The molecule has 0 saturated heterocycles. The first kappa shape index (κ1) is 15.1. The standard InChI is InChI=1S/C17H17BrN2O2/c1-20(2)12-5-6-13(14(18)8-12)15-10-3-4-11(7-10)17(15,9-19)16(21)22/h3-6,8,10-11,15H,7H2,1-2H3,(H,21,22)/p-1/t10-,11+,15-,17+/m1/s1. The van der Waals surface area contributed by atoms with Gasteiger partial charge in [-0.05, 0) is 30.0 Å². The number of benzene rings is 1. The van der Waals surface area contributed by atoms with Gasteiger partial charge < -0.3 is 14.8 Å². The van der Waals surface area contributed by atoms with Gasteiger partial charge in [-0.25, -0.2) is 0 Å². The maximum Gasteiger partial charge on any atom is 0.110 e. The van der Waals surface area contributed by atoms with E-state index in [0.29, 0.717) is 6.42 Å². The topological polar surface area (TPSA) is 67.2 Å². The predicted molar refractivity (Wildman–Crippen MR) is 85.0 cm³/mol. The maximum atomic E-state index is 11.8. The lowest BCUT2D eigenvalue weighted by atomic mass is 9.67. The van der Waals surface area contributed by atoms with Gasteiger partial charge in [-0.1, -0.05) is 34.1 Å². The molecule has 0 heterocycles. The normalized spacial score (nSPS) is 32.0. The van der Waals surface area contributed by atoms with E-state index >= 15 is 0 Å². The van der Waals surface area contributed by atoms with E-state index in [1.807, 2.05) is 49.3 Å². The van der Waals surface area contributed by atoms with E-state index in [4.69, 9.17) is 0 Å². The van der Waals surface area contributed by atoms with Crippen molar-refractivity contribution in [1.29, 1.82) is 5.26 Å². The highest BCUT2D eigenvalue weighted by molar-refractivity contribution is 9.10. The van der Waals surface area contributed by atoms with Crippen LogP contribution in [0.25, 0.3) is 0 Å². The number of anilines is 1. The number of carboxylic acid groups (broad SMARTS) is 1. The molecule has 0 unspecified atom stereocenters. The molecule has 22 heavy (non-hydrogen) atoms. The number of fused-ring (bicyclic) bond motifs is 2. The van der Waals surface area contributed by atoms with Gasteiger partial charge in [0.1, 0.15) is 5.41 Å². The highest BCUT2D eigenvalue weighted by Crippen LogP contribution is 2.61. The van der Waals surface area contributed by atoms with Crippen LogP contribution in [0.2, 0.25) is 0 Å². The first-order valence-corrected chi connectivity index (χ1v) is 7.99. The third kappa shape index (κ3) is 1.90. The smallest absolute Gasteiger partial charge is 0.110 e. The molecule has 0 N–H and O–H groups in total. The van der Waals surface area contributed by atoms with Crippen molar-refractivity contribution in [3.63, 3.8) is 0 Å². The zero-order valence-electron chi connectivity index (χ0n) is 12.4. The van der Waals surface area contributed by atoms with Gasteiger partial charge >= 0.3 is 0 Å². The number of allylic oxidation sites excluding steroid dienone is 2. The van der Waals surface area contributed by atoms with E-state index in [1.165, 1.54) is 0 Å². The van der Waals surface area contributed by atoms with Crippen molar-refractivity contribution in [1.82, 2.24) is 0 Å². The Labute approximate surface area is 138 Å². The summed E-state index contributed by atoms with van der Waals surface area (Å²) in [6.45, 7) is 0. The fourth-order valence-corrected chi connectivity index (χ4v) is 4.49. The third-order valence-electron chi connectivity index (χ3n) is 4.98. The average Bonchev–Trinajstić information content (AvgIpc) is 3.06. The molecule has 1 fully saturated rings. The second-order valence-electron chi connectivity index (χ2n) is 6.24. The largest absolute Gasteiger partial charge is 0.548 e. The van der Waals surface area contributed by atoms with Gasteiger partial charge in [-0.3, -0.25) is 0 Å². The second-order valence-corrected chi connectivity index (χ2v) is 7.09. The Morgan fingerprint density at radius 1 is 1.45 bits per heavy atom. The number of carbonyl (C=O) groups excluding carboxylic acids is 1. The summed E-state index contributed by atoms with van der Waals surface area (Å²) in [6.07, 6.45) is 4.61. The number of aliphatic carboxylic acids is 1. The van der Waals surface area contributed by atoms with Crippen molar-refractivity contribution < 1.29 is 9.90 Å². The SMILES string of the molecule is CN(C)c1ccc([C@H]2[C@@H]3C=C[C@@H](C3)[C@]2(C#N)C(=O)[O-])c(Br)c1. The lowest BCUT2D eigenvalue weighted by molar-refractivity contribution is -0.318. The second kappa shape index (κ2) is 5.13. The Hall–Kier alpha value is -1.80. The van der Waals surface area contributed by atoms with Crippen molar-refractivity contribution in [3.8, 4) is 6.07 Å². The van der Waals surface area contributed by atoms with E-state index < -0.39 is 11.4 Å². The minimum Gasteiger partial charge on any atom is -0.548 e. The molecule has 4 nitrogen and oxygen atoms in total. The molecule has 2 aliphatic carbocycles. The molecule has 0 spiro atoms. The minimum absolute atomic E-state index is 0.0732. The van der Waals surface area contributed by atoms with Crippen LogP contribution in [0.4, 0.5) is 5.69 Å². The highest BCUT2D eigenvalue weighted by Gasteiger charge is 2.58. The molecule has 0 aromatic heterocycles. The van der Waals surface area contributed by atoms with Crippen LogP contribution in [0.15, 0.2) is 34.8 Å². The van der Waals surface area contributed by atoms with E-state index in [1.54, 1.807) is 0 Å². The number of hydrogen-bond donors (Lipinski definition) is 0. The molecule has 0 aliphatic heterocycles. The van der Waals surface area contributed by atoms with Crippen LogP contribution in [0.1, 0.15) is 17.9 Å². The molecule has 2 aliphatic rings. The fourth-order valence-electron chi connectivity index (χ4n) is 3.88. The quantitative estimate of drug-likeness (QED) is 0.774. The van der Waals surface area contributed by atoms with Crippen molar-refractivity contribution in [2.45, 2.75) is 12.3 Å². The number of carbonyl (C=O) groups is 1. The van der Waals surface area contributed by atoms with Crippen molar-refractivity contribution >= 4 is 27.6 Å². The fraction of sp³-hybridized carbons (Fsp3) is 0.412. The first-order chi connectivity index (χ1) is 10.4. The Morgan fingerprint density at radius 3 is 2.73 bits per heavy atom. The Bertz CT molecular complexity index is 707. The molecule has 1 saturated carbocycles. The number of nitriles is 1. The van der Waals surface area contributed by atoms with E-state index in [0.717, 1.165) is 15.7 Å². The van der Waals surface area contributed by atoms with Gasteiger partial charge in [-0.2, -0.15) is 5.26 Å². The third-order valence-corrected chi connectivity index (χ3v) is 5.67. The van der Waals surface area contributed by atoms with Crippen molar-refractivity contribution in [3.05, 3.63) is 40.4 Å². The van der Waals surface area contributed by atoms with Crippen molar-refractivity contribution in [2.75, 3.05) is 19.0 Å². The van der Waals surface area contributed by atoms with Crippen LogP contribution < -0.4 is 10.0 Å². The van der Waals surface area contributed by atoms with E-state index in [-0.39, 0.29) is 17.8 Å². The van der Waals surface area contributed by atoms with Crippen LogP contribution in [0.5, 0.6) is 0 Å². The van der Waals surface area contributed by atoms with Crippen molar-refractivity contribution in [2.24, 2.45) is 17.3 Å². The molecular formula is C17H16BrN2O2-. The summed E-state index contributed by atoms with van der Waals surface area (Å²) in [5, 5.41) is 21.5. The van der Waals surface area contributed by atoms with Crippen LogP contribution in [-0.2, 0) is 4.79 Å². The van der Waals surface area contributed by atoms with E-state index in [9.17, 15) is 15.2 Å². The molecule has 5 heteroatoms. The zero-order valence-corrected chi connectivity index (χ0v) is 14.0. The molecular weight excluding hydrogens is 344 g/mol. The number of carboxylic acids is 1. The summed E-state index contributed by atoms with van der Waals surface area (Å²) in [7, 11) is 3.89. The van der Waals surface area contributed by atoms with Gasteiger partial charge in [0.25, 0.3) is 0 Å². The number of nitrogens with zero attached hydrogens (tertiary/aromatic N) is 2. The highest BCUT2D eigenvalue weighted by atomic mass is 79.9. The number of halogens is 1. The predicted octanol–water partition coefficient (Wildman–Crippen LogP) is 2.06. The zero-order chi connectivity index (χ0) is 16.1. The maximum absolute atomic E-state index is 11.8. The van der Waals surface area contributed by atoms with Crippen LogP contribution in [0.3, 0.4) is 0 Å². The molecule has 114 valence electrons. The van der Waals surface area contributed by atoms with Gasteiger partial charge in [0.2, 0.25) is 0 Å².